The van der Waals surface area contributed by atoms with Crippen LogP contribution >= 0.6 is 15.9 Å². The minimum Gasteiger partial charge on any atom is -0.392 e. The van der Waals surface area contributed by atoms with Gasteiger partial charge in [-0.1, -0.05) is 33.8 Å². The highest BCUT2D eigenvalue weighted by Crippen LogP contribution is 2.09. The number of hydrogen-bond acceptors (Lipinski definition) is 1. The Kier molecular flexibility index (Phi) is 4.01. The Morgan fingerprint density at radius 1 is 1.46 bits per heavy atom. The zero-order chi connectivity index (χ0) is 9.68. The van der Waals surface area contributed by atoms with Crippen LogP contribution in [0.2, 0.25) is 0 Å². The summed E-state index contributed by atoms with van der Waals surface area (Å²) in [5.41, 5.74) is 3.04. The molecule has 0 aromatic heterocycles. The van der Waals surface area contributed by atoms with Crippen LogP contribution in [0, 0.1) is 18.8 Å². The van der Waals surface area contributed by atoms with Crippen molar-refractivity contribution in [3.8, 4) is 11.8 Å². The van der Waals surface area contributed by atoms with Crippen molar-refractivity contribution >= 4 is 15.9 Å². The molecule has 0 saturated carbocycles. The lowest BCUT2D eigenvalue weighted by Gasteiger charge is -2.01. The van der Waals surface area contributed by atoms with E-state index in [0.717, 1.165) is 16.7 Å². The first-order valence-electron chi connectivity index (χ1n) is 4.03. The van der Waals surface area contributed by atoms with Crippen LogP contribution in [0.1, 0.15) is 16.7 Å². The van der Waals surface area contributed by atoms with Gasteiger partial charge in [-0.2, -0.15) is 0 Å². The Balaban J connectivity index is 2.96. The molecular weight excluding hydrogens is 228 g/mol. The monoisotopic (exact) mass is 238 g/mol. The van der Waals surface area contributed by atoms with Crippen LogP contribution in [0.4, 0.5) is 0 Å². The van der Waals surface area contributed by atoms with Crippen LogP contribution in [0.25, 0.3) is 0 Å². The largest absolute Gasteiger partial charge is 0.392 e. The van der Waals surface area contributed by atoms with Crippen LogP contribution in [0.5, 0.6) is 0 Å². The van der Waals surface area contributed by atoms with Gasteiger partial charge in [-0.05, 0) is 30.2 Å². The minimum absolute atomic E-state index is 0.0952. The van der Waals surface area contributed by atoms with Gasteiger partial charge in [0.05, 0.1) is 11.9 Å². The molecule has 0 bridgehead atoms. The van der Waals surface area contributed by atoms with Crippen molar-refractivity contribution in [3.05, 3.63) is 34.9 Å². The highest BCUT2D eigenvalue weighted by molar-refractivity contribution is 9.09. The van der Waals surface area contributed by atoms with Crippen molar-refractivity contribution in [2.75, 3.05) is 5.33 Å². The van der Waals surface area contributed by atoms with Gasteiger partial charge in [0, 0.05) is 5.56 Å². The normalized spacial score (nSPS) is 9.15. The van der Waals surface area contributed by atoms with Crippen LogP contribution in [0.3, 0.4) is 0 Å². The lowest BCUT2D eigenvalue weighted by molar-refractivity contribution is 0.281. The third-order valence-electron chi connectivity index (χ3n) is 1.81. The van der Waals surface area contributed by atoms with Gasteiger partial charge in [0.15, 0.2) is 0 Å². The van der Waals surface area contributed by atoms with E-state index in [4.69, 9.17) is 5.11 Å². The molecule has 0 spiro atoms. The lowest BCUT2D eigenvalue weighted by Crippen LogP contribution is -1.88. The van der Waals surface area contributed by atoms with E-state index < -0.39 is 0 Å². The zero-order valence-electron chi connectivity index (χ0n) is 7.47. The second kappa shape index (κ2) is 5.06. The Morgan fingerprint density at radius 2 is 2.23 bits per heavy atom. The quantitative estimate of drug-likeness (QED) is 0.588. The molecule has 1 rings (SSSR count). The number of alkyl halides is 1. The van der Waals surface area contributed by atoms with Gasteiger partial charge in [-0.25, -0.2) is 0 Å². The predicted molar refractivity (Wildman–Crippen MR) is 57.8 cm³/mol. The molecule has 0 heterocycles. The molecule has 0 amide bonds. The summed E-state index contributed by atoms with van der Waals surface area (Å²) in [4.78, 5) is 0. The molecule has 0 aliphatic carbocycles. The summed E-state index contributed by atoms with van der Waals surface area (Å²) in [6.45, 7) is 2.07. The van der Waals surface area contributed by atoms with E-state index in [1.165, 1.54) is 0 Å². The smallest absolute Gasteiger partial charge is 0.0684 e. The van der Waals surface area contributed by atoms with Crippen LogP contribution in [-0.2, 0) is 6.61 Å². The van der Waals surface area contributed by atoms with Crippen molar-refractivity contribution in [3.63, 3.8) is 0 Å². The predicted octanol–water partition coefficient (Wildman–Crippen LogP) is 2.23. The Labute approximate surface area is 86.9 Å². The van der Waals surface area contributed by atoms with Crippen LogP contribution in [-0.4, -0.2) is 10.4 Å². The van der Waals surface area contributed by atoms with Gasteiger partial charge in [-0.3, -0.25) is 0 Å². The average molecular weight is 239 g/mol. The topological polar surface area (TPSA) is 20.2 Å². The fourth-order valence-electron chi connectivity index (χ4n) is 1.09. The van der Waals surface area contributed by atoms with Gasteiger partial charge >= 0.3 is 0 Å². The minimum atomic E-state index is 0.0952. The van der Waals surface area contributed by atoms with Crippen molar-refractivity contribution in [2.24, 2.45) is 0 Å². The molecule has 0 saturated heterocycles. The number of aliphatic hydroxyl groups excluding tert-OH is 1. The maximum absolute atomic E-state index is 8.94. The second-order valence-corrected chi connectivity index (χ2v) is 3.30. The molecule has 1 aromatic rings. The molecule has 1 N–H and O–H groups in total. The molecule has 0 aliphatic heterocycles. The van der Waals surface area contributed by atoms with Gasteiger partial charge in [0.1, 0.15) is 0 Å². The first-order chi connectivity index (χ1) is 6.27. The second-order valence-electron chi connectivity index (χ2n) is 2.73. The molecule has 13 heavy (non-hydrogen) atoms. The van der Waals surface area contributed by atoms with E-state index in [1.54, 1.807) is 0 Å². The fraction of sp³-hybridized carbons (Fsp3) is 0.273. The fourth-order valence-corrected chi connectivity index (χ4v) is 1.23. The van der Waals surface area contributed by atoms with E-state index >= 15 is 0 Å². The van der Waals surface area contributed by atoms with E-state index in [0.29, 0.717) is 5.33 Å². The molecule has 0 atom stereocenters. The number of hydrogen-bond donors (Lipinski definition) is 1. The number of rotatable bonds is 1. The van der Waals surface area contributed by atoms with E-state index in [-0.39, 0.29) is 6.61 Å². The van der Waals surface area contributed by atoms with Gasteiger partial charge < -0.3 is 5.11 Å². The third-order valence-corrected chi connectivity index (χ3v) is 2.09. The molecule has 1 aromatic carbocycles. The van der Waals surface area contributed by atoms with Crippen molar-refractivity contribution in [1.29, 1.82) is 0 Å². The number of aryl methyl sites for hydroxylation is 1. The summed E-state index contributed by atoms with van der Waals surface area (Å²) < 4.78 is 0. The zero-order valence-corrected chi connectivity index (χ0v) is 9.06. The number of halogens is 1. The summed E-state index contributed by atoms with van der Waals surface area (Å²) >= 11 is 3.24. The molecule has 0 unspecified atom stereocenters. The van der Waals surface area contributed by atoms with Crippen molar-refractivity contribution in [1.82, 2.24) is 0 Å². The van der Waals surface area contributed by atoms with Crippen molar-refractivity contribution in [2.45, 2.75) is 13.5 Å². The van der Waals surface area contributed by atoms with Gasteiger partial charge in [-0.15, -0.1) is 0 Å². The SMILES string of the molecule is Cc1cc(C#CCBr)ccc1CO. The van der Waals surface area contributed by atoms with E-state index in [1.807, 2.05) is 25.1 Å². The molecule has 0 radical (unpaired) electrons. The maximum atomic E-state index is 8.94. The highest BCUT2D eigenvalue weighted by atomic mass is 79.9. The number of aliphatic hydroxyl groups is 1. The van der Waals surface area contributed by atoms with Gasteiger partial charge in [0.2, 0.25) is 0 Å². The third kappa shape index (κ3) is 2.87. The van der Waals surface area contributed by atoms with E-state index in [9.17, 15) is 0 Å². The summed E-state index contributed by atoms with van der Waals surface area (Å²) in [5, 5.41) is 9.63. The Morgan fingerprint density at radius 3 is 2.77 bits per heavy atom. The molecule has 0 fully saturated rings. The molecule has 68 valence electrons. The average Bonchev–Trinajstić information content (AvgIpc) is 2.15. The summed E-state index contributed by atoms with van der Waals surface area (Å²) in [7, 11) is 0. The highest BCUT2D eigenvalue weighted by Gasteiger charge is 1.96. The lowest BCUT2D eigenvalue weighted by atomic mass is 10.1. The summed E-state index contributed by atoms with van der Waals surface area (Å²) in [6.07, 6.45) is 0. The summed E-state index contributed by atoms with van der Waals surface area (Å²) in [6, 6.07) is 5.82. The Hall–Kier alpha value is -0.780. The molecule has 0 aliphatic rings. The molecular formula is C11H11BrO. The molecule has 1 nitrogen and oxygen atoms in total. The number of benzene rings is 1. The molecule has 2 heteroatoms. The summed E-state index contributed by atoms with van der Waals surface area (Å²) in [5.74, 6) is 5.94. The first-order valence-corrected chi connectivity index (χ1v) is 5.15. The van der Waals surface area contributed by atoms with E-state index in [2.05, 4.69) is 27.8 Å². The Bertz CT molecular complexity index is 347. The van der Waals surface area contributed by atoms with Crippen molar-refractivity contribution < 1.29 is 5.11 Å². The van der Waals surface area contributed by atoms with Crippen LogP contribution < -0.4 is 0 Å². The van der Waals surface area contributed by atoms with Crippen LogP contribution in [0.15, 0.2) is 18.2 Å². The standard InChI is InChI=1S/C11H11BrO/c1-9-7-10(3-2-6-12)4-5-11(9)8-13/h4-5,7,13H,6,8H2,1H3. The van der Waals surface area contributed by atoms with Gasteiger partial charge in [0.25, 0.3) is 0 Å². The maximum Gasteiger partial charge on any atom is 0.0684 e. The first kappa shape index (κ1) is 10.3.